The van der Waals surface area contributed by atoms with E-state index in [4.69, 9.17) is 14.7 Å². The van der Waals surface area contributed by atoms with E-state index in [2.05, 4.69) is 19.9 Å². The van der Waals surface area contributed by atoms with Gasteiger partial charge in [0.2, 0.25) is 0 Å². The van der Waals surface area contributed by atoms with Crippen LogP contribution in [0.5, 0.6) is 0 Å². The van der Waals surface area contributed by atoms with E-state index in [-0.39, 0.29) is 5.41 Å². The highest BCUT2D eigenvalue weighted by Crippen LogP contribution is 2.63. The van der Waals surface area contributed by atoms with Gasteiger partial charge in [-0.05, 0) is 24.2 Å². The Balaban J connectivity index is 1.94. The SMILES string of the molecule is CC1(C[C@@H]2[C@@H](CC#N)C2(C)C)OCCO1. The van der Waals surface area contributed by atoms with Crippen LogP contribution in [0, 0.1) is 28.6 Å². The molecule has 0 aromatic rings. The molecule has 0 spiro atoms. The highest BCUT2D eigenvalue weighted by Gasteiger charge is 2.59. The maximum Gasteiger partial charge on any atom is 0.166 e. The summed E-state index contributed by atoms with van der Waals surface area (Å²) in [6, 6.07) is 2.27. The Bertz CT molecular complexity index is 286. The number of nitrogens with zero attached hydrogens (tertiary/aromatic N) is 1. The quantitative estimate of drug-likeness (QED) is 0.716. The topological polar surface area (TPSA) is 42.2 Å². The van der Waals surface area contributed by atoms with Gasteiger partial charge in [-0.1, -0.05) is 13.8 Å². The summed E-state index contributed by atoms with van der Waals surface area (Å²) >= 11 is 0. The van der Waals surface area contributed by atoms with Crippen LogP contribution in [0.25, 0.3) is 0 Å². The van der Waals surface area contributed by atoms with E-state index in [1.807, 2.05) is 6.92 Å². The summed E-state index contributed by atoms with van der Waals surface area (Å²) in [5, 5.41) is 8.74. The third-order valence-electron chi connectivity index (χ3n) is 4.09. The predicted octanol–water partition coefficient (Wildman–Crippen LogP) is 2.33. The molecule has 0 aromatic carbocycles. The van der Waals surface area contributed by atoms with E-state index in [0.717, 1.165) is 6.42 Å². The lowest BCUT2D eigenvalue weighted by atomic mass is 10.0. The third kappa shape index (κ3) is 1.89. The third-order valence-corrected chi connectivity index (χ3v) is 4.09. The Morgan fingerprint density at radius 2 is 1.80 bits per heavy atom. The van der Waals surface area contributed by atoms with Crippen LogP contribution in [-0.2, 0) is 9.47 Å². The first-order chi connectivity index (χ1) is 6.99. The van der Waals surface area contributed by atoms with Gasteiger partial charge in [0.15, 0.2) is 5.79 Å². The maximum absolute atomic E-state index is 8.74. The molecule has 15 heavy (non-hydrogen) atoms. The van der Waals surface area contributed by atoms with Gasteiger partial charge in [-0.3, -0.25) is 0 Å². The molecule has 0 N–H and O–H groups in total. The average Bonchev–Trinajstić information content (AvgIpc) is 2.54. The van der Waals surface area contributed by atoms with E-state index < -0.39 is 5.79 Å². The van der Waals surface area contributed by atoms with Crippen molar-refractivity contribution in [3.05, 3.63) is 0 Å². The van der Waals surface area contributed by atoms with Crippen molar-refractivity contribution in [2.75, 3.05) is 13.2 Å². The van der Waals surface area contributed by atoms with Crippen LogP contribution in [0.15, 0.2) is 0 Å². The molecule has 3 heteroatoms. The maximum atomic E-state index is 8.74. The van der Waals surface area contributed by atoms with Gasteiger partial charge in [0.25, 0.3) is 0 Å². The zero-order valence-corrected chi connectivity index (χ0v) is 9.75. The first kappa shape index (κ1) is 10.9. The van der Waals surface area contributed by atoms with Gasteiger partial charge in [0.05, 0.1) is 19.3 Å². The molecular weight excluding hydrogens is 190 g/mol. The smallest absolute Gasteiger partial charge is 0.166 e. The summed E-state index contributed by atoms with van der Waals surface area (Å²) < 4.78 is 11.2. The molecule has 84 valence electrons. The van der Waals surface area contributed by atoms with Crippen LogP contribution in [-0.4, -0.2) is 19.0 Å². The molecule has 0 bridgehead atoms. The zero-order valence-electron chi connectivity index (χ0n) is 9.75. The van der Waals surface area contributed by atoms with Crippen molar-refractivity contribution in [2.45, 2.75) is 39.4 Å². The van der Waals surface area contributed by atoms with Crippen molar-refractivity contribution < 1.29 is 9.47 Å². The monoisotopic (exact) mass is 209 g/mol. The van der Waals surface area contributed by atoms with Gasteiger partial charge >= 0.3 is 0 Å². The fourth-order valence-electron chi connectivity index (χ4n) is 2.84. The largest absolute Gasteiger partial charge is 0.348 e. The van der Waals surface area contributed by atoms with E-state index in [1.54, 1.807) is 0 Å². The molecule has 3 nitrogen and oxygen atoms in total. The van der Waals surface area contributed by atoms with Gasteiger partial charge < -0.3 is 9.47 Å². The Hall–Kier alpha value is -0.590. The average molecular weight is 209 g/mol. The molecule has 1 saturated heterocycles. The molecular formula is C12H19NO2. The molecule has 1 aliphatic heterocycles. The fourth-order valence-corrected chi connectivity index (χ4v) is 2.84. The van der Waals surface area contributed by atoms with E-state index >= 15 is 0 Å². The van der Waals surface area contributed by atoms with Gasteiger partial charge in [-0.25, -0.2) is 0 Å². The van der Waals surface area contributed by atoms with Crippen LogP contribution in [0.3, 0.4) is 0 Å². The first-order valence-corrected chi connectivity index (χ1v) is 5.64. The van der Waals surface area contributed by atoms with E-state index in [1.165, 1.54) is 0 Å². The van der Waals surface area contributed by atoms with E-state index in [9.17, 15) is 0 Å². The molecule has 0 unspecified atom stereocenters. The normalized spacial score (nSPS) is 36.1. The van der Waals surface area contributed by atoms with Gasteiger partial charge in [0.1, 0.15) is 0 Å². The van der Waals surface area contributed by atoms with Crippen molar-refractivity contribution in [3.8, 4) is 6.07 Å². The first-order valence-electron chi connectivity index (χ1n) is 5.64. The second-order valence-electron chi connectivity index (χ2n) is 5.43. The minimum Gasteiger partial charge on any atom is -0.348 e. The molecule has 0 radical (unpaired) electrons. The second kappa shape index (κ2) is 3.47. The van der Waals surface area contributed by atoms with Crippen LogP contribution in [0.2, 0.25) is 0 Å². The molecule has 2 atom stereocenters. The molecule has 1 aliphatic carbocycles. The Morgan fingerprint density at radius 1 is 1.20 bits per heavy atom. The van der Waals surface area contributed by atoms with Crippen molar-refractivity contribution >= 4 is 0 Å². The number of hydrogen-bond acceptors (Lipinski definition) is 3. The molecule has 0 aromatic heterocycles. The lowest BCUT2D eigenvalue weighted by molar-refractivity contribution is -0.151. The van der Waals surface area contributed by atoms with Crippen LogP contribution in [0.1, 0.15) is 33.6 Å². The summed E-state index contributed by atoms with van der Waals surface area (Å²) in [5.41, 5.74) is 0.286. The lowest BCUT2D eigenvalue weighted by Gasteiger charge is -2.22. The summed E-state index contributed by atoms with van der Waals surface area (Å²) in [7, 11) is 0. The summed E-state index contributed by atoms with van der Waals surface area (Å²) in [4.78, 5) is 0. The summed E-state index contributed by atoms with van der Waals surface area (Å²) in [6.45, 7) is 7.88. The highest BCUT2D eigenvalue weighted by atomic mass is 16.7. The molecule has 0 amide bonds. The van der Waals surface area contributed by atoms with Crippen molar-refractivity contribution in [1.82, 2.24) is 0 Å². The van der Waals surface area contributed by atoms with Crippen molar-refractivity contribution in [2.24, 2.45) is 17.3 Å². The Kier molecular flexibility index (Phi) is 2.52. The van der Waals surface area contributed by atoms with Crippen molar-refractivity contribution in [3.63, 3.8) is 0 Å². The number of ether oxygens (including phenoxy) is 2. The predicted molar refractivity (Wildman–Crippen MR) is 55.9 cm³/mol. The van der Waals surface area contributed by atoms with Gasteiger partial charge in [0, 0.05) is 12.8 Å². The molecule has 1 heterocycles. The van der Waals surface area contributed by atoms with Gasteiger partial charge in [-0.2, -0.15) is 5.26 Å². The number of hydrogen-bond donors (Lipinski definition) is 0. The molecule has 1 saturated carbocycles. The van der Waals surface area contributed by atoms with Crippen molar-refractivity contribution in [1.29, 1.82) is 5.26 Å². The lowest BCUT2D eigenvalue weighted by Crippen LogP contribution is -2.26. The zero-order chi connectivity index (χ0) is 11.1. The van der Waals surface area contributed by atoms with Gasteiger partial charge in [-0.15, -0.1) is 0 Å². The standard InChI is InChI=1S/C12H19NO2/c1-11(2)9(4-5-13)10(11)8-12(3)14-6-7-15-12/h9-10H,4,6-8H2,1-3H3/t9-,10-/m1/s1. The van der Waals surface area contributed by atoms with E-state index in [0.29, 0.717) is 31.5 Å². The molecule has 2 aliphatic rings. The Labute approximate surface area is 91.4 Å². The minimum atomic E-state index is -0.397. The Morgan fingerprint density at radius 3 is 2.33 bits per heavy atom. The minimum absolute atomic E-state index is 0.286. The summed E-state index contributed by atoms with van der Waals surface area (Å²) in [5.74, 6) is 0.693. The number of rotatable bonds is 3. The molecule has 2 fully saturated rings. The van der Waals surface area contributed by atoms with Crippen LogP contribution in [0.4, 0.5) is 0 Å². The highest BCUT2D eigenvalue weighted by molar-refractivity contribution is 5.08. The molecule has 2 rings (SSSR count). The summed E-state index contributed by atoms with van der Waals surface area (Å²) in [6.07, 6.45) is 1.58. The fraction of sp³-hybridized carbons (Fsp3) is 0.917. The number of nitriles is 1. The van der Waals surface area contributed by atoms with Crippen LogP contribution >= 0.6 is 0 Å². The second-order valence-corrected chi connectivity index (χ2v) is 5.43. The van der Waals surface area contributed by atoms with Crippen LogP contribution < -0.4 is 0 Å².